The number of hydrogen-bond acceptors (Lipinski definition) is 5. The molecule has 0 N–H and O–H groups in total. The molecule has 0 spiro atoms. The quantitative estimate of drug-likeness (QED) is 0.0990. The van der Waals surface area contributed by atoms with Crippen molar-refractivity contribution in [3.8, 4) is 42.3 Å². The first kappa shape index (κ1) is 30.0. The molecule has 0 bridgehead atoms. The zero-order chi connectivity index (χ0) is 28.3. The number of azo groups is 1. The van der Waals surface area contributed by atoms with Gasteiger partial charge in [0.2, 0.25) is 0 Å². The van der Waals surface area contributed by atoms with E-state index in [1.165, 1.54) is 51.4 Å². The van der Waals surface area contributed by atoms with Crippen LogP contribution in [0.25, 0.3) is 0 Å². The number of unbranched alkanes of at least 4 members (excludes halogenated alkanes) is 9. The molecule has 0 amide bonds. The summed E-state index contributed by atoms with van der Waals surface area (Å²) in [6, 6.07) is 22.3. The van der Waals surface area contributed by atoms with Crippen molar-refractivity contribution in [3.63, 3.8) is 0 Å². The van der Waals surface area contributed by atoms with Crippen LogP contribution in [-0.2, 0) is 0 Å². The Hall–Kier alpha value is -4.53. The average Bonchev–Trinajstić information content (AvgIpc) is 3.01. The molecule has 0 aromatic heterocycles. The molecule has 0 saturated carbocycles. The van der Waals surface area contributed by atoms with Gasteiger partial charge < -0.3 is 9.47 Å². The Morgan fingerprint density at radius 2 is 1.07 bits per heavy atom. The Morgan fingerprint density at radius 1 is 0.575 bits per heavy atom. The van der Waals surface area contributed by atoms with Gasteiger partial charge in [-0.1, -0.05) is 63.2 Å². The molecular weight excluding hydrogens is 494 g/mol. The highest BCUT2D eigenvalue weighted by atomic mass is 16.5. The lowest BCUT2D eigenvalue weighted by molar-refractivity contribution is 0.302. The number of rotatable bonds is 17. The van der Waals surface area contributed by atoms with Crippen LogP contribution in [0.4, 0.5) is 11.4 Å². The third-order valence-electron chi connectivity index (χ3n) is 6.48. The van der Waals surface area contributed by atoms with E-state index in [1.807, 2.05) is 42.5 Å². The zero-order valence-electron chi connectivity index (χ0n) is 23.1. The van der Waals surface area contributed by atoms with Crippen LogP contribution in [0.3, 0.4) is 0 Å². The van der Waals surface area contributed by atoms with Crippen molar-refractivity contribution in [2.45, 2.75) is 64.2 Å². The van der Waals surface area contributed by atoms with Gasteiger partial charge in [-0.2, -0.15) is 15.5 Å². The maximum absolute atomic E-state index is 8.85. The molecule has 204 valence electrons. The SMILES string of the molecule is C#Cc1ccc(OCCCCCCCCCCCCOc2ccc(N=Nc3ccc(C#N)cc3)cc2)c(C#C)c1. The maximum atomic E-state index is 8.85. The molecule has 5 heteroatoms. The first-order valence-electron chi connectivity index (χ1n) is 14.1. The van der Waals surface area contributed by atoms with Crippen LogP contribution in [0.2, 0.25) is 0 Å². The highest BCUT2D eigenvalue weighted by molar-refractivity contribution is 5.50. The largest absolute Gasteiger partial charge is 0.494 e. The molecular formula is C35H37N3O2. The second kappa shape index (κ2) is 17.9. The minimum Gasteiger partial charge on any atom is -0.494 e. The van der Waals surface area contributed by atoms with E-state index in [4.69, 9.17) is 27.6 Å². The molecule has 0 saturated heterocycles. The van der Waals surface area contributed by atoms with E-state index in [9.17, 15) is 0 Å². The van der Waals surface area contributed by atoms with Crippen molar-refractivity contribution in [1.82, 2.24) is 0 Å². The number of terminal acetylenes is 2. The molecule has 0 aliphatic carbocycles. The van der Waals surface area contributed by atoms with Gasteiger partial charge in [-0.25, -0.2) is 0 Å². The van der Waals surface area contributed by atoms with E-state index >= 15 is 0 Å². The first-order chi connectivity index (χ1) is 19.7. The number of ether oxygens (including phenoxy) is 2. The van der Waals surface area contributed by atoms with Gasteiger partial charge in [0, 0.05) is 5.56 Å². The standard InChI is InChI=1S/C35H37N3O2/c1-3-29-17-24-35(31(4-2)27-29)40-26-14-12-10-8-6-5-7-9-11-13-25-39-34-22-20-33(21-23-34)38-37-32-18-15-30(28-36)16-19-32/h1-2,15-24,27H,5-14,25-26H2. The monoisotopic (exact) mass is 531 g/mol. The van der Waals surface area contributed by atoms with Crippen molar-refractivity contribution < 1.29 is 9.47 Å². The minimum atomic E-state index is 0.607. The molecule has 0 atom stereocenters. The molecule has 3 aromatic rings. The van der Waals surface area contributed by atoms with Crippen molar-refractivity contribution >= 4 is 11.4 Å². The predicted octanol–water partition coefficient (Wildman–Crippen LogP) is 9.30. The summed E-state index contributed by atoms with van der Waals surface area (Å²) < 4.78 is 11.7. The summed E-state index contributed by atoms with van der Waals surface area (Å²) in [7, 11) is 0. The van der Waals surface area contributed by atoms with Crippen molar-refractivity contribution in [1.29, 1.82) is 5.26 Å². The average molecular weight is 532 g/mol. The summed E-state index contributed by atoms with van der Waals surface area (Å²) in [5, 5.41) is 17.3. The summed E-state index contributed by atoms with van der Waals surface area (Å²) in [6.07, 6.45) is 23.1. The van der Waals surface area contributed by atoms with E-state index in [2.05, 4.69) is 28.1 Å². The van der Waals surface area contributed by atoms with Gasteiger partial charge in [0.25, 0.3) is 0 Å². The highest BCUT2D eigenvalue weighted by Gasteiger charge is 2.03. The predicted molar refractivity (Wildman–Crippen MR) is 161 cm³/mol. The van der Waals surface area contributed by atoms with Gasteiger partial charge in [-0.05, 0) is 79.6 Å². The van der Waals surface area contributed by atoms with Crippen LogP contribution in [0.5, 0.6) is 11.5 Å². The van der Waals surface area contributed by atoms with Gasteiger partial charge >= 0.3 is 0 Å². The van der Waals surface area contributed by atoms with Crippen molar-refractivity contribution in [2.24, 2.45) is 10.2 Å². The van der Waals surface area contributed by atoms with Gasteiger partial charge in [0.15, 0.2) is 0 Å². The third kappa shape index (κ3) is 11.1. The van der Waals surface area contributed by atoms with E-state index in [0.29, 0.717) is 17.9 Å². The lowest BCUT2D eigenvalue weighted by Crippen LogP contribution is -1.99. The van der Waals surface area contributed by atoms with Crippen LogP contribution in [0, 0.1) is 36.0 Å². The topological polar surface area (TPSA) is 67.0 Å². The smallest absolute Gasteiger partial charge is 0.134 e. The van der Waals surface area contributed by atoms with Gasteiger partial charge in [-0.15, -0.1) is 12.8 Å². The summed E-state index contributed by atoms with van der Waals surface area (Å²) in [4.78, 5) is 0. The van der Waals surface area contributed by atoms with Gasteiger partial charge in [-0.3, -0.25) is 0 Å². The Morgan fingerprint density at radius 3 is 1.60 bits per heavy atom. The number of nitriles is 1. The molecule has 5 nitrogen and oxygen atoms in total. The molecule has 0 radical (unpaired) electrons. The Labute approximate surface area is 239 Å². The fraction of sp³-hybridized carbons (Fsp3) is 0.343. The molecule has 0 fully saturated rings. The molecule has 0 unspecified atom stereocenters. The second-order valence-electron chi connectivity index (χ2n) is 9.58. The minimum absolute atomic E-state index is 0.607. The lowest BCUT2D eigenvalue weighted by atomic mass is 10.1. The van der Waals surface area contributed by atoms with Gasteiger partial charge in [0.1, 0.15) is 11.5 Å². The van der Waals surface area contributed by atoms with E-state index in [1.54, 1.807) is 24.3 Å². The van der Waals surface area contributed by atoms with E-state index in [0.717, 1.165) is 47.8 Å². The highest BCUT2D eigenvalue weighted by Crippen LogP contribution is 2.22. The summed E-state index contributed by atoms with van der Waals surface area (Å²) in [6.45, 7) is 1.41. The first-order valence-corrected chi connectivity index (χ1v) is 14.1. The van der Waals surface area contributed by atoms with Crippen LogP contribution >= 0.6 is 0 Å². The molecule has 3 rings (SSSR count). The molecule has 3 aromatic carbocycles. The fourth-order valence-corrected chi connectivity index (χ4v) is 4.18. The third-order valence-corrected chi connectivity index (χ3v) is 6.48. The van der Waals surface area contributed by atoms with E-state index in [-0.39, 0.29) is 0 Å². The Bertz CT molecular complexity index is 1320. The molecule has 40 heavy (non-hydrogen) atoms. The normalized spacial score (nSPS) is 10.5. The van der Waals surface area contributed by atoms with E-state index < -0.39 is 0 Å². The Kier molecular flexibility index (Phi) is 13.4. The molecule has 0 aliphatic rings. The summed E-state index contributed by atoms with van der Waals surface area (Å²) >= 11 is 0. The number of benzene rings is 3. The second-order valence-corrected chi connectivity index (χ2v) is 9.58. The fourth-order valence-electron chi connectivity index (χ4n) is 4.18. The van der Waals surface area contributed by atoms with Crippen LogP contribution in [-0.4, -0.2) is 13.2 Å². The summed E-state index contributed by atoms with van der Waals surface area (Å²) in [5.74, 6) is 6.83. The number of nitrogens with zero attached hydrogens (tertiary/aromatic N) is 3. The molecule has 0 heterocycles. The van der Waals surface area contributed by atoms with Crippen LogP contribution in [0.15, 0.2) is 77.0 Å². The van der Waals surface area contributed by atoms with Crippen molar-refractivity contribution in [2.75, 3.05) is 13.2 Å². The maximum Gasteiger partial charge on any atom is 0.134 e. The van der Waals surface area contributed by atoms with Crippen LogP contribution in [0.1, 0.15) is 80.9 Å². The van der Waals surface area contributed by atoms with Crippen molar-refractivity contribution in [3.05, 3.63) is 83.4 Å². The lowest BCUT2D eigenvalue weighted by Gasteiger charge is -2.09. The molecule has 0 aliphatic heterocycles. The zero-order valence-corrected chi connectivity index (χ0v) is 23.1. The summed E-state index contributed by atoms with van der Waals surface area (Å²) in [5.41, 5.74) is 3.58. The number of hydrogen-bond donors (Lipinski definition) is 0. The van der Waals surface area contributed by atoms with Crippen LogP contribution < -0.4 is 9.47 Å². The Balaban J connectivity index is 1.14. The van der Waals surface area contributed by atoms with Gasteiger partial charge in [0.05, 0.1) is 41.8 Å².